The Morgan fingerprint density at radius 2 is 2.25 bits per heavy atom. The number of aliphatic imine (C=N–C) groups is 1. The molecule has 2 atom stereocenters. The molecule has 0 saturated heterocycles. The van der Waals surface area contributed by atoms with Crippen LogP contribution in [0.3, 0.4) is 0 Å². The molecule has 0 heterocycles. The fraction of sp³-hybridized carbons (Fsp3) is 0.875. The molecule has 12 heavy (non-hydrogen) atoms. The van der Waals surface area contributed by atoms with E-state index < -0.39 is 0 Å². The number of hydrogen-bond donors (Lipinski definition) is 3. The molecule has 0 aromatic rings. The van der Waals surface area contributed by atoms with E-state index in [2.05, 4.69) is 15.6 Å². The van der Waals surface area contributed by atoms with E-state index in [-0.39, 0.29) is 6.10 Å². The number of nitrogens with zero attached hydrogens (tertiary/aromatic N) is 1. The van der Waals surface area contributed by atoms with Gasteiger partial charge in [-0.2, -0.15) is 0 Å². The normalized spacial score (nSPS) is 30.4. The summed E-state index contributed by atoms with van der Waals surface area (Å²) in [6.07, 6.45) is 2.64. The molecule has 1 rings (SSSR count). The third-order valence-corrected chi connectivity index (χ3v) is 2.21. The Hall–Kier alpha value is -0.770. The van der Waals surface area contributed by atoms with Gasteiger partial charge in [0.15, 0.2) is 5.96 Å². The largest absolute Gasteiger partial charge is 0.393 e. The van der Waals surface area contributed by atoms with E-state index >= 15 is 0 Å². The van der Waals surface area contributed by atoms with Crippen LogP contribution in [0.1, 0.15) is 19.3 Å². The fourth-order valence-electron chi connectivity index (χ4n) is 1.53. The summed E-state index contributed by atoms with van der Waals surface area (Å²) in [6, 6.07) is 0.381. The van der Waals surface area contributed by atoms with Gasteiger partial charge in [0.2, 0.25) is 0 Å². The molecule has 0 aromatic heterocycles. The molecule has 0 aliphatic heterocycles. The van der Waals surface area contributed by atoms with Gasteiger partial charge in [-0.15, -0.1) is 0 Å². The Morgan fingerprint density at radius 3 is 2.67 bits per heavy atom. The van der Waals surface area contributed by atoms with Gasteiger partial charge < -0.3 is 15.7 Å². The summed E-state index contributed by atoms with van der Waals surface area (Å²) in [5.41, 5.74) is 0. The zero-order valence-electron chi connectivity index (χ0n) is 7.67. The lowest BCUT2D eigenvalue weighted by Crippen LogP contribution is -2.40. The summed E-state index contributed by atoms with van der Waals surface area (Å²) >= 11 is 0. The summed E-state index contributed by atoms with van der Waals surface area (Å²) in [5.74, 6) is 0.800. The Labute approximate surface area is 73.1 Å². The molecule has 1 aliphatic carbocycles. The molecule has 0 amide bonds. The maximum atomic E-state index is 9.26. The molecule has 1 saturated carbocycles. The van der Waals surface area contributed by atoms with Crippen LogP contribution in [-0.2, 0) is 0 Å². The van der Waals surface area contributed by atoms with E-state index in [0.717, 1.165) is 25.2 Å². The molecule has 70 valence electrons. The van der Waals surface area contributed by atoms with E-state index in [0.29, 0.717) is 6.04 Å². The summed E-state index contributed by atoms with van der Waals surface area (Å²) < 4.78 is 0. The summed E-state index contributed by atoms with van der Waals surface area (Å²) in [6.45, 7) is 0. The van der Waals surface area contributed by atoms with Crippen molar-refractivity contribution in [3.63, 3.8) is 0 Å². The van der Waals surface area contributed by atoms with Gasteiger partial charge >= 0.3 is 0 Å². The smallest absolute Gasteiger partial charge is 0.190 e. The van der Waals surface area contributed by atoms with Crippen LogP contribution in [-0.4, -0.2) is 37.3 Å². The minimum atomic E-state index is -0.127. The van der Waals surface area contributed by atoms with E-state index in [9.17, 15) is 5.11 Å². The predicted octanol–water partition coefficient (Wildman–Crippen LogP) is -0.305. The van der Waals surface area contributed by atoms with Gasteiger partial charge in [-0.05, 0) is 19.3 Å². The maximum absolute atomic E-state index is 9.26. The topological polar surface area (TPSA) is 56.7 Å². The SMILES string of the molecule is C/N=C(\NC)N[C@H]1CC[C@H](O)C1. The van der Waals surface area contributed by atoms with Gasteiger partial charge in [-0.25, -0.2) is 0 Å². The molecule has 1 fully saturated rings. The molecule has 0 bridgehead atoms. The van der Waals surface area contributed by atoms with E-state index in [1.807, 2.05) is 7.05 Å². The first-order chi connectivity index (χ1) is 5.76. The highest BCUT2D eigenvalue weighted by Crippen LogP contribution is 2.18. The van der Waals surface area contributed by atoms with Crippen LogP contribution in [0, 0.1) is 0 Å². The molecule has 0 aromatic carbocycles. The number of aliphatic hydroxyl groups is 1. The lowest BCUT2D eigenvalue weighted by atomic mass is 10.2. The second-order valence-electron chi connectivity index (χ2n) is 3.13. The van der Waals surface area contributed by atoms with Crippen LogP contribution in [0.5, 0.6) is 0 Å². The number of aliphatic hydroxyl groups excluding tert-OH is 1. The van der Waals surface area contributed by atoms with Crippen LogP contribution >= 0.6 is 0 Å². The van der Waals surface area contributed by atoms with Crippen molar-refractivity contribution in [2.45, 2.75) is 31.4 Å². The van der Waals surface area contributed by atoms with Gasteiger partial charge in [-0.3, -0.25) is 4.99 Å². The summed E-state index contributed by atoms with van der Waals surface area (Å²) in [7, 11) is 3.57. The van der Waals surface area contributed by atoms with Gasteiger partial charge in [0.05, 0.1) is 6.10 Å². The van der Waals surface area contributed by atoms with Crippen molar-refractivity contribution in [1.29, 1.82) is 0 Å². The average molecular weight is 171 g/mol. The van der Waals surface area contributed by atoms with Gasteiger partial charge in [0, 0.05) is 20.1 Å². The monoisotopic (exact) mass is 171 g/mol. The minimum Gasteiger partial charge on any atom is -0.393 e. The second-order valence-corrected chi connectivity index (χ2v) is 3.13. The van der Waals surface area contributed by atoms with Crippen LogP contribution in [0.15, 0.2) is 4.99 Å². The lowest BCUT2D eigenvalue weighted by Gasteiger charge is -2.14. The molecule has 3 N–H and O–H groups in total. The Kier molecular flexibility index (Phi) is 3.34. The highest BCUT2D eigenvalue weighted by Gasteiger charge is 2.22. The first-order valence-corrected chi connectivity index (χ1v) is 4.35. The van der Waals surface area contributed by atoms with Crippen molar-refractivity contribution in [1.82, 2.24) is 10.6 Å². The molecule has 4 heteroatoms. The fourth-order valence-corrected chi connectivity index (χ4v) is 1.53. The second kappa shape index (κ2) is 4.30. The lowest BCUT2D eigenvalue weighted by molar-refractivity contribution is 0.180. The third-order valence-electron chi connectivity index (χ3n) is 2.21. The number of rotatable bonds is 1. The van der Waals surface area contributed by atoms with Gasteiger partial charge in [0.25, 0.3) is 0 Å². The highest BCUT2D eigenvalue weighted by molar-refractivity contribution is 5.79. The molecular weight excluding hydrogens is 154 g/mol. The molecular formula is C8H17N3O. The van der Waals surface area contributed by atoms with Crippen molar-refractivity contribution in [2.24, 2.45) is 4.99 Å². The predicted molar refractivity (Wildman–Crippen MR) is 49.2 cm³/mol. The molecule has 0 radical (unpaired) electrons. The molecule has 0 unspecified atom stereocenters. The molecule has 1 aliphatic rings. The minimum absolute atomic E-state index is 0.127. The van der Waals surface area contributed by atoms with Crippen molar-refractivity contribution in [2.75, 3.05) is 14.1 Å². The van der Waals surface area contributed by atoms with Crippen LogP contribution in [0.2, 0.25) is 0 Å². The number of hydrogen-bond acceptors (Lipinski definition) is 2. The molecule has 0 spiro atoms. The highest BCUT2D eigenvalue weighted by atomic mass is 16.3. The van der Waals surface area contributed by atoms with Crippen molar-refractivity contribution < 1.29 is 5.11 Å². The zero-order chi connectivity index (χ0) is 8.97. The Bertz CT molecular complexity index is 170. The van der Waals surface area contributed by atoms with Gasteiger partial charge in [-0.1, -0.05) is 0 Å². The van der Waals surface area contributed by atoms with E-state index in [1.54, 1.807) is 7.05 Å². The van der Waals surface area contributed by atoms with Gasteiger partial charge in [0.1, 0.15) is 0 Å². The third kappa shape index (κ3) is 2.37. The first-order valence-electron chi connectivity index (χ1n) is 4.35. The van der Waals surface area contributed by atoms with Crippen LogP contribution < -0.4 is 10.6 Å². The van der Waals surface area contributed by atoms with Crippen molar-refractivity contribution >= 4 is 5.96 Å². The Balaban J connectivity index is 2.31. The molecule has 4 nitrogen and oxygen atoms in total. The van der Waals surface area contributed by atoms with Crippen LogP contribution in [0.25, 0.3) is 0 Å². The zero-order valence-corrected chi connectivity index (χ0v) is 7.67. The van der Waals surface area contributed by atoms with E-state index in [1.165, 1.54) is 0 Å². The Morgan fingerprint density at radius 1 is 1.50 bits per heavy atom. The maximum Gasteiger partial charge on any atom is 0.190 e. The van der Waals surface area contributed by atoms with Crippen LogP contribution in [0.4, 0.5) is 0 Å². The summed E-state index contributed by atoms with van der Waals surface area (Å²) in [5, 5.41) is 15.4. The van der Waals surface area contributed by atoms with Crippen molar-refractivity contribution in [3.8, 4) is 0 Å². The first kappa shape index (κ1) is 9.32. The quantitative estimate of drug-likeness (QED) is 0.375. The standard InChI is InChI=1S/C8H17N3O/c1-9-8(10-2)11-6-3-4-7(12)5-6/h6-7,12H,3-5H2,1-2H3,(H2,9,10,11)/t6-,7-/m0/s1. The number of guanidine groups is 1. The summed E-state index contributed by atoms with van der Waals surface area (Å²) in [4.78, 5) is 4.01. The van der Waals surface area contributed by atoms with Crippen molar-refractivity contribution in [3.05, 3.63) is 0 Å². The van der Waals surface area contributed by atoms with E-state index in [4.69, 9.17) is 0 Å². The average Bonchev–Trinajstić information content (AvgIpc) is 2.47. The number of nitrogens with one attached hydrogen (secondary N) is 2.